The summed E-state index contributed by atoms with van der Waals surface area (Å²) in [6, 6.07) is 3.90. The lowest BCUT2D eigenvalue weighted by Gasteiger charge is -2.19. The van der Waals surface area contributed by atoms with Gasteiger partial charge in [-0.05, 0) is 24.6 Å². The molecule has 2 N–H and O–H groups in total. The zero-order chi connectivity index (χ0) is 17.2. The van der Waals surface area contributed by atoms with E-state index in [9.17, 15) is 22.8 Å². The maximum atomic E-state index is 12.4. The molecule has 0 saturated carbocycles. The van der Waals surface area contributed by atoms with E-state index in [0.717, 1.165) is 4.90 Å². The summed E-state index contributed by atoms with van der Waals surface area (Å²) in [5.74, 6) is -0.861. The minimum Gasteiger partial charge on any atom is -0.372 e. The standard InChI is InChI=1S/C14H15ClF3N3O2/c1-8(22)19-9-2-3-11(10(15)6-9)20-12-4-5-21(13(12)23)7-14(16,17)18/h2-3,6,12,20H,4-5,7H2,1H3,(H,19,22). The van der Waals surface area contributed by atoms with Crippen molar-refractivity contribution in [3.05, 3.63) is 23.2 Å². The van der Waals surface area contributed by atoms with E-state index in [1.165, 1.54) is 13.0 Å². The molecule has 0 radical (unpaired) electrons. The fourth-order valence-electron chi connectivity index (χ4n) is 2.35. The van der Waals surface area contributed by atoms with Crippen LogP contribution in [0, 0.1) is 0 Å². The molecule has 0 bridgehead atoms. The molecular formula is C14H15ClF3N3O2. The lowest BCUT2D eigenvalue weighted by molar-refractivity contribution is -0.157. The molecule has 0 aromatic heterocycles. The molecule has 1 heterocycles. The fraction of sp³-hybridized carbons (Fsp3) is 0.429. The van der Waals surface area contributed by atoms with Crippen molar-refractivity contribution in [1.82, 2.24) is 4.90 Å². The molecule has 1 aliphatic heterocycles. The van der Waals surface area contributed by atoms with Gasteiger partial charge in [0.15, 0.2) is 0 Å². The number of amides is 2. The molecule has 1 fully saturated rings. The van der Waals surface area contributed by atoms with Crippen LogP contribution in [0.15, 0.2) is 18.2 Å². The largest absolute Gasteiger partial charge is 0.406 e. The second-order valence-electron chi connectivity index (χ2n) is 5.24. The zero-order valence-corrected chi connectivity index (χ0v) is 13.0. The highest BCUT2D eigenvalue weighted by molar-refractivity contribution is 6.33. The summed E-state index contributed by atoms with van der Waals surface area (Å²) in [6.45, 7) is 0.142. The second kappa shape index (κ2) is 6.66. The number of anilines is 2. The summed E-state index contributed by atoms with van der Waals surface area (Å²) in [5, 5.41) is 5.67. The topological polar surface area (TPSA) is 61.4 Å². The second-order valence-corrected chi connectivity index (χ2v) is 5.64. The van der Waals surface area contributed by atoms with Gasteiger partial charge in [-0.3, -0.25) is 9.59 Å². The maximum absolute atomic E-state index is 12.4. The molecular weight excluding hydrogens is 335 g/mol. The summed E-state index contributed by atoms with van der Waals surface area (Å²) in [6.07, 6.45) is -4.15. The van der Waals surface area contributed by atoms with E-state index >= 15 is 0 Å². The molecule has 0 aliphatic carbocycles. The number of rotatable bonds is 4. The van der Waals surface area contributed by atoms with Gasteiger partial charge in [0.25, 0.3) is 0 Å². The third-order valence-electron chi connectivity index (χ3n) is 3.29. The molecule has 23 heavy (non-hydrogen) atoms. The number of hydrogen-bond donors (Lipinski definition) is 2. The highest BCUT2D eigenvalue weighted by Crippen LogP contribution is 2.28. The molecule has 5 nitrogen and oxygen atoms in total. The van der Waals surface area contributed by atoms with Gasteiger partial charge >= 0.3 is 6.18 Å². The fourth-order valence-corrected chi connectivity index (χ4v) is 2.58. The summed E-state index contributed by atoms with van der Waals surface area (Å²) >= 11 is 6.06. The summed E-state index contributed by atoms with van der Waals surface area (Å²) < 4.78 is 37.1. The van der Waals surface area contributed by atoms with Crippen LogP contribution in [0.3, 0.4) is 0 Å². The molecule has 1 unspecified atom stereocenters. The van der Waals surface area contributed by atoms with Crippen LogP contribution >= 0.6 is 11.6 Å². The number of hydrogen-bond acceptors (Lipinski definition) is 3. The van der Waals surface area contributed by atoms with Crippen molar-refractivity contribution < 1.29 is 22.8 Å². The predicted molar refractivity (Wildman–Crippen MR) is 80.4 cm³/mol. The van der Waals surface area contributed by atoms with E-state index in [4.69, 9.17) is 11.6 Å². The van der Waals surface area contributed by atoms with Gasteiger partial charge in [0.2, 0.25) is 11.8 Å². The van der Waals surface area contributed by atoms with Gasteiger partial charge in [0.05, 0.1) is 10.7 Å². The Kier molecular flexibility index (Phi) is 5.03. The van der Waals surface area contributed by atoms with Gasteiger partial charge in [0, 0.05) is 19.2 Å². The smallest absolute Gasteiger partial charge is 0.372 e. The van der Waals surface area contributed by atoms with Crippen LogP contribution < -0.4 is 10.6 Å². The lowest BCUT2D eigenvalue weighted by atomic mass is 10.2. The minimum absolute atomic E-state index is 0.0393. The van der Waals surface area contributed by atoms with E-state index < -0.39 is 24.7 Å². The number of carbonyl (C=O) groups is 2. The van der Waals surface area contributed by atoms with E-state index in [-0.39, 0.29) is 23.9 Å². The number of alkyl halides is 3. The highest BCUT2D eigenvalue weighted by atomic mass is 35.5. The van der Waals surface area contributed by atoms with Crippen LogP contribution in [0.2, 0.25) is 5.02 Å². The maximum Gasteiger partial charge on any atom is 0.406 e. The highest BCUT2D eigenvalue weighted by Gasteiger charge is 2.39. The van der Waals surface area contributed by atoms with Gasteiger partial charge in [-0.1, -0.05) is 11.6 Å². The normalized spacial score (nSPS) is 18.2. The van der Waals surface area contributed by atoms with Crippen LogP contribution in [0.5, 0.6) is 0 Å². The van der Waals surface area contributed by atoms with Crippen LogP contribution in [0.25, 0.3) is 0 Å². The van der Waals surface area contributed by atoms with Crippen molar-refractivity contribution in [2.45, 2.75) is 25.6 Å². The Morgan fingerprint density at radius 3 is 2.70 bits per heavy atom. The van der Waals surface area contributed by atoms with Crippen molar-refractivity contribution in [3.63, 3.8) is 0 Å². The summed E-state index contributed by atoms with van der Waals surface area (Å²) in [5.41, 5.74) is 0.914. The molecule has 1 aromatic rings. The van der Waals surface area contributed by atoms with Crippen molar-refractivity contribution in [1.29, 1.82) is 0 Å². The number of nitrogens with one attached hydrogen (secondary N) is 2. The molecule has 126 valence electrons. The van der Waals surface area contributed by atoms with E-state index in [1.54, 1.807) is 12.1 Å². The van der Waals surface area contributed by atoms with Crippen molar-refractivity contribution >= 4 is 34.8 Å². The van der Waals surface area contributed by atoms with Gasteiger partial charge < -0.3 is 15.5 Å². The van der Waals surface area contributed by atoms with Gasteiger partial charge in [-0.25, -0.2) is 0 Å². The summed E-state index contributed by atoms with van der Waals surface area (Å²) in [7, 11) is 0. The molecule has 2 amide bonds. The van der Waals surface area contributed by atoms with Crippen molar-refractivity contribution in [3.8, 4) is 0 Å². The van der Waals surface area contributed by atoms with Crippen LogP contribution in [-0.4, -0.2) is 42.0 Å². The molecule has 0 spiro atoms. The van der Waals surface area contributed by atoms with E-state index in [2.05, 4.69) is 10.6 Å². The Hall–Kier alpha value is -1.96. The first-order chi connectivity index (χ1) is 10.7. The van der Waals surface area contributed by atoms with Gasteiger partial charge in [-0.2, -0.15) is 13.2 Å². The molecule has 1 atom stereocenters. The number of likely N-dealkylation sites (tertiary alicyclic amines) is 1. The molecule has 2 rings (SSSR count). The Morgan fingerprint density at radius 2 is 2.13 bits per heavy atom. The van der Waals surface area contributed by atoms with Crippen molar-refractivity contribution in [2.24, 2.45) is 0 Å². The van der Waals surface area contributed by atoms with Crippen molar-refractivity contribution in [2.75, 3.05) is 23.7 Å². The Balaban J connectivity index is 2.03. The monoisotopic (exact) mass is 349 g/mol. The van der Waals surface area contributed by atoms with E-state index in [1.807, 2.05) is 0 Å². The van der Waals surface area contributed by atoms with E-state index in [0.29, 0.717) is 11.4 Å². The SMILES string of the molecule is CC(=O)Nc1ccc(NC2CCN(CC(F)(F)F)C2=O)c(Cl)c1. The van der Waals surface area contributed by atoms with Gasteiger partial charge in [0.1, 0.15) is 12.6 Å². The predicted octanol–water partition coefficient (Wildman–Crippen LogP) is 2.87. The third kappa shape index (κ3) is 4.75. The quantitative estimate of drug-likeness (QED) is 0.878. The average molecular weight is 350 g/mol. The Labute approximate surface area is 135 Å². The van der Waals surface area contributed by atoms with Crippen LogP contribution in [0.4, 0.5) is 24.5 Å². The Bertz CT molecular complexity index is 622. The van der Waals surface area contributed by atoms with Crippen LogP contribution in [0.1, 0.15) is 13.3 Å². The first-order valence-corrected chi connectivity index (χ1v) is 7.23. The van der Waals surface area contributed by atoms with Crippen LogP contribution in [-0.2, 0) is 9.59 Å². The molecule has 1 aliphatic rings. The van der Waals surface area contributed by atoms with Gasteiger partial charge in [-0.15, -0.1) is 0 Å². The average Bonchev–Trinajstić information content (AvgIpc) is 2.72. The Morgan fingerprint density at radius 1 is 1.43 bits per heavy atom. The molecule has 9 heteroatoms. The molecule has 1 aromatic carbocycles. The lowest BCUT2D eigenvalue weighted by Crippen LogP contribution is -2.39. The number of carbonyl (C=O) groups excluding carboxylic acids is 2. The minimum atomic E-state index is -4.41. The molecule has 1 saturated heterocycles. The first-order valence-electron chi connectivity index (χ1n) is 6.85. The third-order valence-corrected chi connectivity index (χ3v) is 3.60. The number of nitrogens with zero attached hydrogens (tertiary/aromatic N) is 1. The zero-order valence-electron chi connectivity index (χ0n) is 12.2. The number of halogens is 4. The summed E-state index contributed by atoms with van der Waals surface area (Å²) in [4.78, 5) is 23.7. The first kappa shape index (κ1) is 17.4. The number of benzene rings is 1.